The number of rotatable bonds is 3. The van der Waals surface area contributed by atoms with Gasteiger partial charge in [-0.15, -0.1) is 0 Å². The molecule has 4 aromatic rings. The normalized spacial score (nSPS) is 10.8. The molecule has 3 aromatic heterocycles. The van der Waals surface area contributed by atoms with E-state index in [1.54, 1.807) is 41.2 Å². The fourth-order valence-corrected chi connectivity index (χ4v) is 3.23. The van der Waals surface area contributed by atoms with Gasteiger partial charge < -0.3 is 4.57 Å². The second-order valence-electron chi connectivity index (χ2n) is 6.82. The van der Waals surface area contributed by atoms with Crippen molar-refractivity contribution in [3.8, 4) is 5.69 Å². The van der Waals surface area contributed by atoms with E-state index in [1.165, 1.54) is 30.9 Å². The quantitative estimate of drug-likeness (QED) is 0.470. The molecular weight excluding hydrogens is 400 g/mol. The summed E-state index contributed by atoms with van der Waals surface area (Å²) in [7, 11) is 2.83. The number of nitrogens with one attached hydrogen (secondary N) is 2. The number of nitrogens with zero attached hydrogens (tertiary/aromatic N) is 4. The number of hydrazine groups is 1. The fraction of sp³-hybridized carbons (Fsp3) is 0.0952. The zero-order valence-electron chi connectivity index (χ0n) is 16.7. The van der Waals surface area contributed by atoms with Crippen LogP contribution in [0.4, 0.5) is 0 Å². The van der Waals surface area contributed by atoms with Gasteiger partial charge in [0.15, 0.2) is 0 Å². The van der Waals surface area contributed by atoms with Gasteiger partial charge in [-0.2, -0.15) is 0 Å². The molecule has 0 fully saturated rings. The van der Waals surface area contributed by atoms with Crippen LogP contribution in [0.25, 0.3) is 16.7 Å². The highest BCUT2D eigenvalue weighted by Gasteiger charge is 2.16. The van der Waals surface area contributed by atoms with Crippen LogP contribution in [0.1, 0.15) is 20.7 Å². The Morgan fingerprint density at radius 3 is 2.32 bits per heavy atom. The highest BCUT2D eigenvalue weighted by atomic mass is 16.2. The fourth-order valence-electron chi connectivity index (χ4n) is 3.23. The molecular formula is C21H18N6O4. The maximum Gasteiger partial charge on any atom is 0.332 e. The van der Waals surface area contributed by atoms with Crippen LogP contribution in [0, 0.1) is 0 Å². The van der Waals surface area contributed by atoms with Crippen molar-refractivity contribution >= 4 is 22.8 Å². The Morgan fingerprint density at radius 2 is 1.58 bits per heavy atom. The van der Waals surface area contributed by atoms with E-state index in [0.717, 1.165) is 4.57 Å². The van der Waals surface area contributed by atoms with Gasteiger partial charge in [0.25, 0.3) is 17.4 Å². The van der Waals surface area contributed by atoms with Gasteiger partial charge in [-0.1, -0.05) is 12.1 Å². The number of benzene rings is 1. The van der Waals surface area contributed by atoms with E-state index in [9.17, 15) is 19.2 Å². The van der Waals surface area contributed by atoms with E-state index in [2.05, 4.69) is 15.8 Å². The smallest absolute Gasteiger partial charge is 0.323 e. The standard InChI is InChI=1S/C21H18N6O4/c1-25-17-15(20(30)26(2)21(25)31)11-13(12-22-17)18(28)23-24-19(29)14-7-3-4-8-16(14)27-9-5-6-10-27/h3-12H,1-2H3,(H,23,28)(H,24,29). The first kappa shape index (κ1) is 19.8. The zero-order valence-corrected chi connectivity index (χ0v) is 16.7. The summed E-state index contributed by atoms with van der Waals surface area (Å²) >= 11 is 0. The Bertz CT molecular complexity index is 1430. The van der Waals surface area contributed by atoms with Crippen molar-refractivity contribution < 1.29 is 9.59 Å². The van der Waals surface area contributed by atoms with Crippen LogP contribution in [-0.2, 0) is 14.1 Å². The van der Waals surface area contributed by atoms with Gasteiger partial charge in [-0.05, 0) is 30.3 Å². The molecule has 31 heavy (non-hydrogen) atoms. The molecule has 0 atom stereocenters. The average molecular weight is 418 g/mol. The Labute approximate surface area is 175 Å². The maximum atomic E-state index is 12.6. The summed E-state index contributed by atoms with van der Waals surface area (Å²) in [5.41, 5.74) is 4.85. The van der Waals surface area contributed by atoms with E-state index in [-0.39, 0.29) is 16.6 Å². The second-order valence-corrected chi connectivity index (χ2v) is 6.82. The lowest BCUT2D eigenvalue weighted by molar-refractivity contribution is 0.0846. The lowest BCUT2D eigenvalue weighted by Crippen LogP contribution is -2.42. The number of hydrogen-bond donors (Lipinski definition) is 2. The van der Waals surface area contributed by atoms with E-state index in [4.69, 9.17) is 0 Å². The monoisotopic (exact) mass is 418 g/mol. The van der Waals surface area contributed by atoms with Crippen LogP contribution in [0.2, 0.25) is 0 Å². The van der Waals surface area contributed by atoms with Crippen molar-refractivity contribution in [1.82, 2.24) is 29.5 Å². The zero-order chi connectivity index (χ0) is 22.1. The number of amides is 2. The third kappa shape index (κ3) is 3.50. The molecule has 0 aliphatic carbocycles. The highest BCUT2D eigenvalue weighted by molar-refractivity contribution is 6.01. The summed E-state index contributed by atoms with van der Waals surface area (Å²) in [4.78, 5) is 53.6. The van der Waals surface area contributed by atoms with Gasteiger partial charge in [-0.3, -0.25) is 34.4 Å². The number of hydrogen-bond acceptors (Lipinski definition) is 5. The predicted molar refractivity (Wildman–Crippen MR) is 113 cm³/mol. The first-order chi connectivity index (χ1) is 14.9. The van der Waals surface area contributed by atoms with Crippen LogP contribution in [0.3, 0.4) is 0 Å². The molecule has 10 heteroatoms. The van der Waals surface area contributed by atoms with Gasteiger partial charge in [0.1, 0.15) is 5.65 Å². The van der Waals surface area contributed by atoms with Gasteiger partial charge in [0.2, 0.25) is 0 Å². The van der Waals surface area contributed by atoms with Gasteiger partial charge in [0, 0.05) is 32.7 Å². The molecule has 0 saturated carbocycles. The van der Waals surface area contributed by atoms with Crippen molar-refractivity contribution in [1.29, 1.82) is 0 Å². The maximum absolute atomic E-state index is 12.6. The minimum absolute atomic E-state index is 0.0576. The molecule has 4 rings (SSSR count). The SMILES string of the molecule is Cn1c(=O)c2cc(C(=O)NNC(=O)c3ccccc3-n3cccc3)cnc2n(C)c1=O. The van der Waals surface area contributed by atoms with Crippen LogP contribution in [-0.4, -0.2) is 30.5 Å². The summed E-state index contributed by atoms with van der Waals surface area (Å²) in [5, 5.41) is 0.113. The van der Waals surface area contributed by atoms with Crippen LogP contribution < -0.4 is 22.1 Å². The third-order valence-electron chi connectivity index (χ3n) is 4.88. The Balaban J connectivity index is 1.58. The predicted octanol–water partition coefficient (Wildman–Crippen LogP) is 0.498. The molecule has 0 radical (unpaired) electrons. The molecule has 10 nitrogen and oxygen atoms in total. The molecule has 2 N–H and O–H groups in total. The van der Waals surface area contributed by atoms with Gasteiger partial charge in [-0.25, -0.2) is 9.78 Å². The van der Waals surface area contributed by atoms with Crippen molar-refractivity contribution in [2.45, 2.75) is 0 Å². The van der Waals surface area contributed by atoms with Crippen molar-refractivity contribution in [2.24, 2.45) is 14.1 Å². The number of para-hydroxylation sites is 1. The number of aromatic nitrogens is 4. The summed E-state index contributed by atoms with van der Waals surface area (Å²) in [6.07, 6.45) is 4.84. The van der Waals surface area contributed by atoms with E-state index in [1.807, 2.05) is 12.1 Å². The number of carbonyl (C=O) groups is 2. The number of pyridine rings is 1. The van der Waals surface area contributed by atoms with Crippen LogP contribution >= 0.6 is 0 Å². The molecule has 0 unspecified atom stereocenters. The summed E-state index contributed by atoms with van der Waals surface area (Å²) in [6, 6.07) is 11.9. The molecule has 0 spiro atoms. The lowest BCUT2D eigenvalue weighted by atomic mass is 10.1. The average Bonchev–Trinajstić information content (AvgIpc) is 3.34. The number of aryl methyl sites for hydroxylation is 1. The topological polar surface area (TPSA) is 120 Å². The van der Waals surface area contributed by atoms with Crippen LogP contribution in [0.15, 0.2) is 70.6 Å². The minimum atomic E-state index is -0.655. The Morgan fingerprint density at radius 1 is 0.903 bits per heavy atom. The third-order valence-corrected chi connectivity index (χ3v) is 4.88. The van der Waals surface area contributed by atoms with Gasteiger partial charge >= 0.3 is 5.69 Å². The molecule has 156 valence electrons. The van der Waals surface area contributed by atoms with E-state index in [0.29, 0.717) is 11.3 Å². The Hall–Kier alpha value is -4.47. The first-order valence-corrected chi connectivity index (χ1v) is 9.27. The Kier molecular flexibility index (Phi) is 4.96. The van der Waals surface area contributed by atoms with E-state index < -0.39 is 23.1 Å². The largest absolute Gasteiger partial charge is 0.332 e. The summed E-state index contributed by atoms with van der Waals surface area (Å²) < 4.78 is 3.94. The summed E-state index contributed by atoms with van der Waals surface area (Å²) in [6.45, 7) is 0. The van der Waals surface area contributed by atoms with Gasteiger partial charge in [0.05, 0.1) is 22.2 Å². The first-order valence-electron chi connectivity index (χ1n) is 9.27. The number of carbonyl (C=O) groups excluding carboxylic acids is 2. The molecule has 3 heterocycles. The molecule has 0 bridgehead atoms. The van der Waals surface area contributed by atoms with Crippen LogP contribution in [0.5, 0.6) is 0 Å². The van der Waals surface area contributed by atoms with Crippen molar-refractivity contribution in [2.75, 3.05) is 0 Å². The minimum Gasteiger partial charge on any atom is -0.323 e. The summed E-state index contributed by atoms with van der Waals surface area (Å²) in [5.74, 6) is -1.16. The lowest BCUT2D eigenvalue weighted by Gasteiger charge is -2.12. The highest BCUT2D eigenvalue weighted by Crippen LogP contribution is 2.14. The van der Waals surface area contributed by atoms with Crippen molar-refractivity contribution in [3.05, 3.63) is 93.0 Å². The molecule has 0 aliphatic rings. The molecule has 0 saturated heterocycles. The second kappa shape index (κ2) is 7.75. The molecule has 0 aliphatic heterocycles. The van der Waals surface area contributed by atoms with Crippen molar-refractivity contribution in [3.63, 3.8) is 0 Å². The molecule has 2 amide bonds. The van der Waals surface area contributed by atoms with E-state index >= 15 is 0 Å². The molecule has 1 aromatic carbocycles. The number of fused-ring (bicyclic) bond motifs is 1.